The normalized spacial score (nSPS) is 11.4. The summed E-state index contributed by atoms with van der Waals surface area (Å²) < 4.78 is 4.90. The maximum atomic E-state index is 9.55. The first-order valence-corrected chi connectivity index (χ1v) is 20.0. The number of rotatable bonds is 6. The van der Waals surface area contributed by atoms with E-state index in [0.29, 0.717) is 23.0 Å². The molecule has 0 spiro atoms. The van der Waals surface area contributed by atoms with Crippen molar-refractivity contribution in [3.8, 4) is 68.2 Å². The summed E-state index contributed by atoms with van der Waals surface area (Å²) in [5.41, 5.74) is 10.8. The van der Waals surface area contributed by atoms with Crippen LogP contribution in [-0.2, 0) is 0 Å². The van der Waals surface area contributed by atoms with Gasteiger partial charge in [-0.2, -0.15) is 5.26 Å². The number of hydrogen-bond donors (Lipinski definition) is 0. The Labute approximate surface area is 338 Å². The molecule has 58 heavy (non-hydrogen) atoms. The van der Waals surface area contributed by atoms with Gasteiger partial charge in [0.2, 0.25) is 0 Å². The molecule has 0 fully saturated rings. The number of fused-ring (bicyclic) bond motifs is 6. The van der Waals surface area contributed by atoms with Gasteiger partial charge >= 0.3 is 0 Å². The highest BCUT2D eigenvalue weighted by Crippen LogP contribution is 2.40. The topological polar surface area (TPSA) is 67.4 Å². The van der Waals surface area contributed by atoms with E-state index in [-0.39, 0.29) is 0 Å². The molecule has 0 unspecified atom stereocenters. The Morgan fingerprint density at radius 2 is 0.931 bits per heavy atom. The van der Waals surface area contributed by atoms with Crippen LogP contribution in [0.15, 0.2) is 188 Å². The lowest BCUT2D eigenvalue weighted by atomic mass is 10.00. The largest absolute Gasteiger partial charge is 0.309 e. The zero-order chi connectivity index (χ0) is 38.6. The molecule has 0 aliphatic heterocycles. The van der Waals surface area contributed by atoms with Crippen molar-refractivity contribution in [2.75, 3.05) is 0 Å². The molecule has 3 heterocycles. The molecule has 0 saturated heterocycles. The van der Waals surface area contributed by atoms with Crippen molar-refractivity contribution in [1.82, 2.24) is 19.5 Å². The summed E-state index contributed by atoms with van der Waals surface area (Å²) in [6, 6.07) is 67.5. The second-order valence-corrected chi connectivity index (χ2v) is 15.4. The van der Waals surface area contributed by atoms with Crippen LogP contribution in [0.3, 0.4) is 0 Å². The number of thiophene rings is 1. The Balaban J connectivity index is 1.10. The van der Waals surface area contributed by atoms with E-state index in [4.69, 9.17) is 15.0 Å². The minimum atomic E-state index is 0.534. The lowest BCUT2D eigenvalue weighted by molar-refractivity contribution is 1.07. The molecule has 0 radical (unpaired) electrons. The van der Waals surface area contributed by atoms with Crippen LogP contribution in [0.5, 0.6) is 0 Å². The summed E-state index contributed by atoms with van der Waals surface area (Å²) in [4.78, 5) is 15.4. The second-order valence-electron chi connectivity index (χ2n) is 14.4. The third kappa shape index (κ3) is 5.73. The van der Waals surface area contributed by atoms with Crippen molar-refractivity contribution >= 4 is 53.3 Å². The third-order valence-corrected chi connectivity index (χ3v) is 12.0. The van der Waals surface area contributed by atoms with Gasteiger partial charge in [-0.05, 0) is 77.4 Å². The van der Waals surface area contributed by atoms with Gasteiger partial charge in [-0.15, -0.1) is 11.3 Å². The predicted molar refractivity (Wildman–Crippen MR) is 239 cm³/mol. The van der Waals surface area contributed by atoms with E-state index in [1.807, 2.05) is 29.5 Å². The Kier molecular flexibility index (Phi) is 7.99. The van der Waals surface area contributed by atoms with Crippen molar-refractivity contribution in [1.29, 1.82) is 5.26 Å². The van der Waals surface area contributed by atoms with Crippen molar-refractivity contribution in [2.24, 2.45) is 0 Å². The molecule has 0 aliphatic rings. The molecule has 0 N–H and O–H groups in total. The molecule has 8 aromatic carbocycles. The second kappa shape index (κ2) is 13.8. The van der Waals surface area contributed by atoms with Gasteiger partial charge in [0.15, 0.2) is 17.5 Å². The van der Waals surface area contributed by atoms with Gasteiger partial charge in [0, 0.05) is 53.2 Å². The lowest BCUT2D eigenvalue weighted by Crippen LogP contribution is -2.02. The van der Waals surface area contributed by atoms with Gasteiger partial charge < -0.3 is 4.57 Å². The molecular weight excluding hydrogens is 727 g/mol. The van der Waals surface area contributed by atoms with Gasteiger partial charge in [-0.25, -0.2) is 15.0 Å². The lowest BCUT2D eigenvalue weighted by Gasteiger charge is -2.16. The van der Waals surface area contributed by atoms with Gasteiger partial charge in [-0.3, -0.25) is 0 Å². The molecule has 11 aromatic rings. The highest BCUT2D eigenvalue weighted by atomic mass is 32.1. The summed E-state index contributed by atoms with van der Waals surface area (Å²) in [7, 11) is 0. The molecule has 0 saturated carbocycles. The monoisotopic (exact) mass is 757 g/mol. The molecule has 5 nitrogen and oxygen atoms in total. The van der Waals surface area contributed by atoms with Crippen molar-refractivity contribution in [2.45, 2.75) is 0 Å². The average Bonchev–Trinajstić information content (AvgIpc) is 3.84. The number of aromatic nitrogens is 4. The number of nitrogens with zero attached hydrogens (tertiary/aromatic N) is 5. The van der Waals surface area contributed by atoms with Crippen molar-refractivity contribution < 1.29 is 0 Å². The van der Waals surface area contributed by atoms with E-state index in [2.05, 4.69) is 168 Å². The Morgan fingerprint density at radius 1 is 0.397 bits per heavy atom. The fourth-order valence-corrected chi connectivity index (χ4v) is 9.25. The molecule has 0 bridgehead atoms. The SMILES string of the molecule is N#Cc1ccc(-c2nc(-c3cccc(-c4ccc5c(c4)sc4ccccc45)c3)nc(-c3ccc(-c4ccccc4)c(-n4c5ccccc5c5ccccc54)c3)n2)cc1. The predicted octanol–water partition coefficient (Wildman–Crippen LogP) is 13.5. The molecule has 0 amide bonds. The van der Waals surface area contributed by atoms with Crippen molar-refractivity contribution in [3.63, 3.8) is 0 Å². The first kappa shape index (κ1) is 33.6. The molecule has 3 aromatic heterocycles. The van der Waals surface area contributed by atoms with Crippen LogP contribution in [0, 0.1) is 11.3 Å². The van der Waals surface area contributed by atoms with Gasteiger partial charge in [-0.1, -0.05) is 127 Å². The summed E-state index contributed by atoms with van der Waals surface area (Å²) in [6.45, 7) is 0. The van der Waals surface area contributed by atoms with Crippen LogP contribution in [0.1, 0.15) is 5.56 Å². The average molecular weight is 758 g/mol. The zero-order valence-electron chi connectivity index (χ0n) is 31.0. The fraction of sp³-hybridized carbons (Fsp3) is 0. The van der Waals surface area contributed by atoms with Crippen LogP contribution in [0.4, 0.5) is 0 Å². The Bertz CT molecular complexity index is 3360. The van der Waals surface area contributed by atoms with Crippen LogP contribution in [0.2, 0.25) is 0 Å². The minimum absolute atomic E-state index is 0.534. The van der Waals surface area contributed by atoms with Gasteiger partial charge in [0.05, 0.1) is 28.4 Å². The van der Waals surface area contributed by atoms with E-state index in [1.165, 1.54) is 30.9 Å². The molecule has 0 aliphatic carbocycles. The maximum absolute atomic E-state index is 9.55. The number of para-hydroxylation sites is 2. The van der Waals surface area contributed by atoms with Crippen LogP contribution in [0.25, 0.3) is 104 Å². The molecule has 270 valence electrons. The summed E-state index contributed by atoms with van der Waals surface area (Å²) >= 11 is 1.82. The van der Waals surface area contributed by atoms with E-state index in [0.717, 1.165) is 55.7 Å². The van der Waals surface area contributed by atoms with Crippen LogP contribution in [-0.4, -0.2) is 19.5 Å². The van der Waals surface area contributed by atoms with Gasteiger partial charge in [0.25, 0.3) is 0 Å². The first-order chi connectivity index (χ1) is 28.7. The summed E-state index contributed by atoms with van der Waals surface area (Å²) in [5.74, 6) is 1.66. The minimum Gasteiger partial charge on any atom is -0.309 e. The Hall–Kier alpha value is -7.72. The van der Waals surface area contributed by atoms with Gasteiger partial charge in [0.1, 0.15) is 0 Å². The van der Waals surface area contributed by atoms with E-state index in [1.54, 1.807) is 12.1 Å². The quantitative estimate of drug-likeness (QED) is 0.169. The summed E-state index contributed by atoms with van der Waals surface area (Å²) in [5, 5.41) is 14.5. The van der Waals surface area contributed by atoms with Crippen LogP contribution >= 0.6 is 11.3 Å². The summed E-state index contributed by atoms with van der Waals surface area (Å²) in [6.07, 6.45) is 0. The highest BCUT2D eigenvalue weighted by Gasteiger charge is 2.19. The van der Waals surface area contributed by atoms with E-state index in [9.17, 15) is 5.26 Å². The number of benzene rings is 8. The number of hydrogen-bond acceptors (Lipinski definition) is 5. The highest BCUT2D eigenvalue weighted by molar-refractivity contribution is 7.25. The number of nitriles is 1. The molecular formula is C52H31N5S. The van der Waals surface area contributed by atoms with Crippen LogP contribution < -0.4 is 0 Å². The molecule has 0 atom stereocenters. The third-order valence-electron chi connectivity index (χ3n) is 10.9. The molecule has 11 rings (SSSR count). The van der Waals surface area contributed by atoms with E-state index >= 15 is 0 Å². The Morgan fingerprint density at radius 3 is 1.66 bits per heavy atom. The smallest absolute Gasteiger partial charge is 0.164 e. The first-order valence-electron chi connectivity index (χ1n) is 19.2. The van der Waals surface area contributed by atoms with Crippen molar-refractivity contribution in [3.05, 3.63) is 194 Å². The fourth-order valence-electron chi connectivity index (χ4n) is 8.10. The standard InChI is InChI=1S/C52H31N5S/c53-32-33-21-23-35(24-22-33)50-54-51(38-14-10-13-36(29-38)37-25-28-44-43-17-6-9-20-48(43)58-49(44)31-37)56-52(55-50)39-26-27-40(34-11-2-1-3-12-34)47(30-39)57-45-18-7-4-15-41(45)42-16-5-8-19-46(42)57/h1-31H. The maximum Gasteiger partial charge on any atom is 0.164 e. The molecule has 6 heteroatoms. The van der Waals surface area contributed by atoms with E-state index < -0.39 is 0 Å². The zero-order valence-corrected chi connectivity index (χ0v) is 31.9.